The maximum absolute atomic E-state index is 13.6. The maximum Gasteiger partial charge on any atom is 0.351 e. The second-order valence-corrected chi connectivity index (χ2v) is 24.6. The summed E-state index contributed by atoms with van der Waals surface area (Å²) in [5, 5.41) is 2.27. The summed E-state index contributed by atoms with van der Waals surface area (Å²) >= 11 is 0. The van der Waals surface area contributed by atoms with Crippen molar-refractivity contribution in [1.29, 1.82) is 0 Å². The van der Waals surface area contributed by atoms with Crippen molar-refractivity contribution in [2.45, 2.75) is 97.5 Å². The lowest BCUT2D eigenvalue weighted by Gasteiger charge is -2.48. The molecule has 8 heteroatoms. The molecule has 1 aliphatic rings. The molecule has 0 aromatic heterocycles. The van der Waals surface area contributed by atoms with E-state index in [2.05, 4.69) is 116 Å². The molecule has 0 saturated carbocycles. The van der Waals surface area contributed by atoms with Crippen LogP contribution in [0.1, 0.15) is 68.7 Å². The highest BCUT2D eigenvalue weighted by Crippen LogP contribution is 2.50. The molecule has 0 aliphatic heterocycles. The standard InChI is InChI=1S/C38H56O6Si2/c1-29-26-38(34(40)41-10,44-30(2)39)37(9,24-19-25-42-45(11,12)35(3,4)5)27-31(29)28-43-46(36(6,7)8,32-20-15-13-16-21-32)33-22-17-14-18-23-33/h13-24,27,29H,25-26,28H2,1-12H3/b24-19+/t29-,37-,38-/m0/s1. The lowest BCUT2D eigenvalue weighted by molar-refractivity contribution is -0.193. The van der Waals surface area contributed by atoms with E-state index in [0.717, 1.165) is 5.57 Å². The van der Waals surface area contributed by atoms with Crippen LogP contribution in [-0.4, -0.2) is 54.5 Å². The topological polar surface area (TPSA) is 71.1 Å². The van der Waals surface area contributed by atoms with E-state index in [-0.39, 0.29) is 22.4 Å². The molecule has 252 valence electrons. The van der Waals surface area contributed by atoms with Crippen LogP contribution >= 0.6 is 0 Å². The summed E-state index contributed by atoms with van der Waals surface area (Å²) in [5.41, 5.74) is -1.50. The summed E-state index contributed by atoms with van der Waals surface area (Å²) in [6.07, 6.45) is 6.24. The summed E-state index contributed by atoms with van der Waals surface area (Å²) in [6.45, 7) is 23.9. The fourth-order valence-corrected chi connectivity index (χ4v) is 11.9. The van der Waals surface area contributed by atoms with Gasteiger partial charge >= 0.3 is 11.9 Å². The van der Waals surface area contributed by atoms with Crippen LogP contribution in [0, 0.1) is 11.3 Å². The van der Waals surface area contributed by atoms with Crippen LogP contribution in [0.2, 0.25) is 23.2 Å². The Bertz CT molecular complexity index is 1360. The molecule has 0 fully saturated rings. The molecule has 0 saturated heterocycles. The van der Waals surface area contributed by atoms with E-state index in [1.165, 1.54) is 24.4 Å². The molecule has 6 nitrogen and oxygen atoms in total. The highest BCUT2D eigenvalue weighted by molar-refractivity contribution is 6.99. The van der Waals surface area contributed by atoms with Crippen molar-refractivity contribution in [2.24, 2.45) is 11.3 Å². The van der Waals surface area contributed by atoms with Crippen molar-refractivity contribution in [2.75, 3.05) is 20.3 Å². The smallest absolute Gasteiger partial charge is 0.351 e. The predicted molar refractivity (Wildman–Crippen MR) is 192 cm³/mol. The lowest BCUT2D eigenvalue weighted by Crippen LogP contribution is -2.67. The second-order valence-electron chi connectivity index (χ2n) is 15.4. The van der Waals surface area contributed by atoms with Crippen LogP contribution in [0.5, 0.6) is 0 Å². The molecule has 3 rings (SSSR count). The zero-order valence-electron chi connectivity index (χ0n) is 30.2. The van der Waals surface area contributed by atoms with Crippen molar-refractivity contribution in [3.8, 4) is 0 Å². The van der Waals surface area contributed by atoms with Crippen LogP contribution in [0.3, 0.4) is 0 Å². The molecular weight excluding hydrogens is 609 g/mol. The fourth-order valence-electron chi connectivity index (χ4n) is 6.42. The lowest BCUT2D eigenvalue weighted by atomic mass is 9.62. The summed E-state index contributed by atoms with van der Waals surface area (Å²) in [6, 6.07) is 21.1. The van der Waals surface area contributed by atoms with Gasteiger partial charge in [0, 0.05) is 13.3 Å². The molecule has 0 bridgehead atoms. The molecule has 3 atom stereocenters. The monoisotopic (exact) mass is 664 g/mol. The largest absolute Gasteiger partial charge is 0.466 e. The van der Waals surface area contributed by atoms with Crippen LogP contribution in [0.4, 0.5) is 0 Å². The van der Waals surface area contributed by atoms with Gasteiger partial charge in [0.1, 0.15) is 0 Å². The Kier molecular flexibility index (Phi) is 11.6. The van der Waals surface area contributed by atoms with Gasteiger partial charge in [-0.1, -0.05) is 127 Å². The fraction of sp³-hybridized carbons (Fsp3) is 0.526. The third-order valence-corrected chi connectivity index (χ3v) is 19.6. The van der Waals surface area contributed by atoms with Gasteiger partial charge in [-0.05, 0) is 52.0 Å². The van der Waals surface area contributed by atoms with Crippen molar-refractivity contribution in [3.05, 3.63) is 84.5 Å². The number of benzene rings is 2. The van der Waals surface area contributed by atoms with Gasteiger partial charge in [0.25, 0.3) is 8.32 Å². The number of carbonyl (C=O) groups excluding carboxylic acids is 2. The SMILES string of the molecule is COC(=O)[C@@]1(OC(C)=O)C[C@H](C)C(CO[Si](c2ccccc2)(c2ccccc2)C(C)(C)C)=C[C@]1(C)/C=C/CO[Si](C)(C)C(C)(C)C. The van der Waals surface area contributed by atoms with Crippen LogP contribution in [-0.2, 0) is 27.9 Å². The van der Waals surface area contributed by atoms with Crippen LogP contribution in [0.25, 0.3) is 0 Å². The van der Waals surface area contributed by atoms with E-state index in [4.69, 9.17) is 18.3 Å². The molecule has 0 unspecified atom stereocenters. The predicted octanol–water partition coefficient (Wildman–Crippen LogP) is 7.59. The van der Waals surface area contributed by atoms with Crippen molar-refractivity contribution in [3.63, 3.8) is 0 Å². The Morgan fingerprint density at radius 2 is 1.41 bits per heavy atom. The minimum Gasteiger partial charge on any atom is -0.466 e. The van der Waals surface area contributed by atoms with Crippen molar-refractivity contribution >= 4 is 38.9 Å². The zero-order chi connectivity index (χ0) is 34.6. The molecule has 2 aromatic rings. The minimum atomic E-state index is -2.82. The Hall–Kier alpha value is -2.79. The normalized spacial score (nSPS) is 22.8. The first-order valence-electron chi connectivity index (χ1n) is 16.3. The van der Waals surface area contributed by atoms with Gasteiger partial charge in [-0.2, -0.15) is 0 Å². The van der Waals surface area contributed by atoms with Gasteiger partial charge in [0.15, 0.2) is 8.32 Å². The Balaban J connectivity index is 2.14. The third kappa shape index (κ3) is 7.51. The molecule has 0 heterocycles. The quantitative estimate of drug-likeness (QED) is 0.140. The zero-order valence-corrected chi connectivity index (χ0v) is 32.2. The van der Waals surface area contributed by atoms with Gasteiger partial charge < -0.3 is 18.3 Å². The highest BCUT2D eigenvalue weighted by atomic mass is 28.4. The summed E-state index contributed by atoms with van der Waals surface area (Å²) in [5.74, 6) is -1.23. The Labute approximate surface area is 279 Å². The van der Waals surface area contributed by atoms with E-state index in [1.807, 2.05) is 31.2 Å². The Morgan fingerprint density at radius 1 is 0.891 bits per heavy atom. The van der Waals surface area contributed by atoms with E-state index in [9.17, 15) is 9.59 Å². The van der Waals surface area contributed by atoms with Crippen LogP contribution in [0.15, 0.2) is 84.5 Å². The molecule has 2 aromatic carbocycles. The number of hydrogen-bond donors (Lipinski definition) is 0. The van der Waals surface area contributed by atoms with Gasteiger partial charge in [-0.25, -0.2) is 4.79 Å². The number of hydrogen-bond acceptors (Lipinski definition) is 6. The van der Waals surface area contributed by atoms with E-state index in [1.54, 1.807) is 0 Å². The number of ether oxygens (including phenoxy) is 2. The first-order chi connectivity index (χ1) is 21.3. The van der Waals surface area contributed by atoms with E-state index in [0.29, 0.717) is 13.2 Å². The van der Waals surface area contributed by atoms with E-state index < -0.39 is 39.6 Å². The summed E-state index contributed by atoms with van der Waals surface area (Å²) < 4.78 is 25.1. The molecule has 0 amide bonds. The third-order valence-electron chi connectivity index (χ3n) is 10.1. The number of rotatable bonds is 11. The first-order valence-corrected chi connectivity index (χ1v) is 21.1. The number of carbonyl (C=O) groups is 2. The minimum absolute atomic E-state index is 0.0594. The van der Waals surface area contributed by atoms with Crippen LogP contribution < -0.4 is 10.4 Å². The van der Waals surface area contributed by atoms with Gasteiger partial charge in [0.05, 0.1) is 25.7 Å². The summed E-state index contributed by atoms with van der Waals surface area (Å²) in [7, 11) is -3.49. The summed E-state index contributed by atoms with van der Waals surface area (Å²) in [4.78, 5) is 26.2. The molecule has 46 heavy (non-hydrogen) atoms. The van der Waals surface area contributed by atoms with Gasteiger partial charge in [-0.15, -0.1) is 0 Å². The van der Waals surface area contributed by atoms with Gasteiger partial charge in [-0.3, -0.25) is 4.79 Å². The first kappa shape index (κ1) is 37.7. The molecular formula is C38H56O6Si2. The van der Waals surface area contributed by atoms with Crippen molar-refractivity contribution < 1.29 is 27.9 Å². The maximum atomic E-state index is 13.6. The highest BCUT2D eigenvalue weighted by Gasteiger charge is 2.59. The Morgan fingerprint density at radius 3 is 1.85 bits per heavy atom. The number of methoxy groups -OCH3 is 1. The average Bonchev–Trinajstić information content (AvgIpc) is 2.97. The van der Waals surface area contributed by atoms with E-state index >= 15 is 0 Å². The van der Waals surface area contributed by atoms with Gasteiger partial charge in [0.2, 0.25) is 5.60 Å². The molecule has 0 spiro atoms. The van der Waals surface area contributed by atoms with Crippen molar-refractivity contribution in [1.82, 2.24) is 0 Å². The average molecular weight is 665 g/mol. The molecule has 0 radical (unpaired) electrons. The number of esters is 2. The molecule has 0 N–H and O–H groups in total. The second kappa shape index (κ2) is 14.1. The molecule has 1 aliphatic carbocycles.